The van der Waals surface area contributed by atoms with Crippen LogP contribution in [0.3, 0.4) is 0 Å². The van der Waals surface area contributed by atoms with Crippen molar-refractivity contribution in [3.05, 3.63) is 51.7 Å². The Hall–Kier alpha value is -1.39. The molecular weight excluding hydrogens is 238 g/mol. The summed E-state index contributed by atoms with van der Waals surface area (Å²) in [6, 6.07) is 10.3. The highest BCUT2D eigenvalue weighted by Crippen LogP contribution is 2.25. The summed E-state index contributed by atoms with van der Waals surface area (Å²) in [4.78, 5) is 2.45. The smallest absolute Gasteiger partial charge is 0.142 e. The molecule has 0 radical (unpaired) electrons. The summed E-state index contributed by atoms with van der Waals surface area (Å²) in [6.07, 6.45) is 0.829. The van der Waals surface area contributed by atoms with Gasteiger partial charge in [0.15, 0.2) is 0 Å². The molecule has 3 rings (SSSR count). The van der Waals surface area contributed by atoms with E-state index in [9.17, 15) is 0 Å². The molecule has 3 aromatic rings. The van der Waals surface area contributed by atoms with Gasteiger partial charge in [0.25, 0.3) is 0 Å². The van der Waals surface area contributed by atoms with Crippen LogP contribution < -0.4 is 0 Å². The molecule has 0 unspecified atom stereocenters. The molecule has 0 aliphatic rings. The van der Waals surface area contributed by atoms with Crippen LogP contribution in [0.1, 0.15) is 10.6 Å². The van der Waals surface area contributed by atoms with E-state index in [4.69, 9.17) is 4.52 Å². The first kappa shape index (κ1) is 9.81. The van der Waals surface area contributed by atoms with Gasteiger partial charge in [-0.15, -0.1) is 22.7 Å². The van der Waals surface area contributed by atoms with Crippen molar-refractivity contribution in [2.45, 2.75) is 6.42 Å². The number of hydrogen-bond donors (Lipinski definition) is 0. The van der Waals surface area contributed by atoms with Gasteiger partial charge in [-0.3, -0.25) is 0 Å². The number of rotatable bonds is 3. The molecule has 0 bridgehead atoms. The van der Waals surface area contributed by atoms with Gasteiger partial charge in [0.1, 0.15) is 11.5 Å². The fraction of sp³-hybridized carbons (Fsp3) is 0.0833. The van der Waals surface area contributed by atoms with Gasteiger partial charge in [-0.1, -0.05) is 17.3 Å². The molecule has 0 amide bonds. The SMILES string of the molecule is c1csc(Cc2cc(-c3cccs3)no2)c1. The fourth-order valence-electron chi connectivity index (χ4n) is 1.52. The normalized spacial score (nSPS) is 10.8. The standard InChI is InChI=1S/C12H9NOS2/c1-3-10(15-5-1)7-9-8-11(13-14-9)12-4-2-6-16-12/h1-6,8H,7H2. The number of hydrogen-bond acceptors (Lipinski definition) is 4. The zero-order valence-corrected chi connectivity index (χ0v) is 10.1. The highest BCUT2D eigenvalue weighted by molar-refractivity contribution is 7.13. The van der Waals surface area contributed by atoms with Crippen LogP contribution in [0.5, 0.6) is 0 Å². The Labute approximate surface area is 101 Å². The molecule has 0 N–H and O–H groups in total. The van der Waals surface area contributed by atoms with Crippen molar-refractivity contribution in [1.29, 1.82) is 0 Å². The van der Waals surface area contributed by atoms with Crippen LogP contribution in [-0.4, -0.2) is 5.16 Å². The molecule has 80 valence electrons. The third-order valence-electron chi connectivity index (χ3n) is 2.26. The fourth-order valence-corrected chi connectivity index (χ4v) is 2.91. The molecule has 0 aliphatic carbocycles. The third kappa shape index (κ3) is 1.94. The van der Waals surface area contributed by atoms with E-state index in [1.807, 2.05) is 17.5 Å². The Balaban J connectivity index is 1.83. The summed E-state index contributed by atoms with van der Waals surface area (Å²) in [7, 11) is 0. The Morgan fingerprint density at radius 3 is 2.75 bits per heavy atom. The quantitative estimate of drug-likeness (QED) is 0.697. The second-order valence-electron chi connectivity index (χ2n) is 3.41. The first-order chi connectivity index (χ1) is 7.92. The van der Waals surface area contributed by atoms with Crippen molar-refractivity contribution in [2.75, 3.05) is 0 Å². The Morgan fingerprint density at radius 2 is 2.00 bits per heavy atom. The lowest BCUT2D eigenvalue weighted by Gasteiger charge is -1.88. The van der Waals surface area contributed by atoms with Crippen molar-refractivity contribution in [1.82, 2.24) is 5.16 Å². The second-order valence-corrected chi connectivity index (χ2v) is 5.39. The van der Waals surface area contributed by atoms with Crippen LogP contribution in [0.15, 0.2) is 45.6 Å². The highest BCUT2D eigenvalue weighted by atomic mass is 32.1. The molecule has 0 saturated heterocycles. The number of thiophene rings is 2. The largest absolute Gasteiger partial charge is 0.360 e. The Kier molecular flexibility index (Phi) is 2.60. The summed E-state index contributed by atoms with van der Waals surface area (Å²) >= 11 is 3.42. The Bertz CT molecular complexity index is 552. The molecule has 16 heavy (non-hydrogen) atoms. The van der Waals surface area contributed by atoms with Gasteiger partial charge in [-0.2, -0.15) is 0 Å². The second kappa shape index (κ2) is 4.23. The zero-order chi connectivity index (χ0) is 10.8. The van der Waals surface area contributed by atoms with Gasteiger partial charge in [-0.05, 0) is 22.9 Å². The van der Waals surface area contributed by atoms with Crippen molar-refractivity contribution < 1.29 is 4.52 Å². The van der Waals surface area contributed by atoms with Crippen LogP contribution in [0.4, 0.5) is 0 Å². The molecule has 0 spiro atoms. The molecule has 0 atom stereocenters. The highest BCUT2D eigenvalue weighted by Gasteiger charge is 2.08. The predicted octanol–water partition coefficient (Wildman–Crippen LogP) is 4.06. The van der Waals surface area contributed by atoms with Gasteiger partial charge < -0.3 is 4.52 Å². The number of aromatic nitrogens is 1. The van der Waals surface area contributed by atoms with E-state index in [0.29, 0.717) is 0 Å². The summed E-state index contributed by atoms with van der Waals surface area (Å²) in [5, 5.41) is 8.20. The van der Waals surface area contributed by atoms with Gasteiger partial charge in [0, 0.05) is 17.4 Å². The maximum Gasteiger partial charge on any atom is 0.142 e. The first-order valence-electron chi connectivity index (χ1n) is 4.94. The summed E-state index contributed by atoms with van der Waals surface area (Å²) in [5.41, 5.74) is 0.932. The minimum Gasteiger partial charge on any atom is -0.360 e. The van der Waals surface area contributed by atoms with E-state index >= 15 is 0 Å². The molecule has 3 aromatic heterocycles. The van der Waals surface area contributed by atoms with Crippen molar-refractivity contribution >= 4 is 22.7 Å². The Morgan fingerprint density at radius 1 is 1.12 bits per heavy atom. The van der Waals surface area contributed by atoms with Crippen LogP contribution in [0.25, 0.3) is 10.6 Å². The van der Waals surface area contributed by atoms with Crippen LogP contribution in [-0.2, 0) is 6.42 Å². The number of nitrogens with zero attached hydrogens (tertiary/aromatic N) is 1. The average Bonchev–Trinajstić information content (AvgIpc) is 2.99. The van der Waals surface area contributed by atoms with Gasteiger partial charge in [0.05, 0.1) is 4.88 Å². The van der Waals surface area contributed by atoms with Crippen molar-refractivity contribution in [2.24, 2.45) is 0 Å². The lowest BCUT2D eigenvalue weighted by atomic mass is 10.2. The van der Waals surface area contributed by atoms with E-state index in [-0.39, 0.29) is 0 Å². The lowest BCUT2D eigenvalue weighted by Crippen LogP contribution is -1.78. The van der Waals surface area contributed by atoms with Crippen molar-refractivity contribution in [3.8, 4) is 10.6 Å². The van der Waals surface area contributed by atoms with E-state index in [1.165, 1.54) is 4.88 Å². The van der Waals surface area contributed by atoms with Crippen LogP contribution in [0, 0.1) is 0 Å². The maximum atomic E-state index is 5.33. The lowest BCUT2D eigenvalue weighted by molar-refractivity contribution is 0.392. The van der Waals surface area contributed by atoms with Crippen LogP contribution >= 0.6 is 22.7 Å². The third-order valence-corrected chi connectivity index (χ3v) is 4.03. The topological polar surface area (TPSA) is 26.0 Å². The molecule has 0 fully saturated rings. The maximum absolute atomic E-state index is 5.33. The zero-order valence-electron chi connectivity index (χ0n) is 8.42. The average molecular weight is 247 g/mol. The molecule has 4 heteroatoms. The molecule has 3 heterocycles. The molecule has 0 saturated carbocycles. The minimum absolute atomic E-state index is 0.829. The van der Waals surface area contributed by atoms with E-state index in [1.54, 1.807) is 22.7 Å². The van der Waals surface area contributed by atoms with Crippen LogP contribution in [0.2, 0.25) is 0 Å². The van der Waals surface area contributed by atoms with E-state index in [0.717, 1.165) is 22.8 Å². The van der Waals surface area contributed by atoms with Crippen molar-refractivity contribution in [3.63, 3.8) is 0 Å². The van der Waals surface area contributed by atoms with E-state index in [2.05, 4.69) is 28.7 Å². The summed E-state index contributed by atoms with van der Waals surface area (Å²) < 4.78 is 5.33. The first-order valence-corrected chi connectivity index (χ1v) is 6.69. The summed E-state index contributed by atoms with van der Waals surface area (Å²) in [6.45, 7) is 0. The monoisotopic (exact) mass is 247 g/mol. The van der Waals surface area contributed by atoms with Gasteiger partial charge in [-0.25, -0.2) is 0 Å². The van der Waals surface area contributed by atoms with E-state index < -0.39 is 0 Å². The molecule has 0 aromatic carbocycles. The predicted molar refractivity (Wildman–Crippen MR) is 66.9 cm³/mol. The van der Waals surface area contributed by atoms with Gasteiger partial charge >= 0.3 is 0 Å². The molecular formula is C12H9NOS2. The molecule has 0 aliphatic heterocycles. The minimum atomic E-state index is 0.829. The van der Waals surface area contributed by atoms with Gasteiger partial charge in [0.2, 0.25) is 0 Å². The summed E-state index contributed by atoms with van der Waals surface area (Å²) in [5.74, 6) is 0.922. The molecule has 2 nitrogen and oxygen atoms in total.